The number of ether oxygens (including phenoxy) is 4. The minimum absolute atomic E-state index is 0.188. The van der Waals surface area contributed by atoms with E-state index >= 15 is 0 Å². The zero-order valence-corrected chi connectivity index (χ0v) is 24.2. The van der Waals surface area contributed by atoms with E-state index in [1.807, 2.05) is 43.3 Å². The molecule has 4 aromatic rings. The molecule has 0 heterocycles. The van der Waals surface area contributed by atoms with Gasteiger partial charge in [0.1, 0.15) is 19.0 Å². The number of benzene rings is 4. The van der Waals surface area contributed by atoms with Crippen molar-refractivity contribution in [3.8, 4) is 23.0 Å². The van der Waals surface area contributed by atoms with Crippen molar-refractivity contribution in [2.45, 2.75) is 20.1 Å². The summed E-state index contributed by atoms with van der Waals surface area (Å²) in [6.07, 6.45) is 1.51. The Morgan fingerprint density at radius 1 is 0.875 bits per heavy atom. The fourth-order valence-electron chi connectivity index (χ4n) is 3.74. The first kappa shape index (κ1) is 28.9. The molecule has 0 saturated heterocycles. The molecule has 0 unspecified atom stereocenters. The van der Waals surface area contributed by atoms with Gasteiger partial charge in [-0.05, 0) is 88.7 Å². The van der Waals surface area contributed by atoms with Crippen molar-refractivity contribution in [1.29, 1.82) is 0 Å². The van der Waals surface area contributed by atoms with Gasteiger partial charge in [-0.1, -0.05) is 42.5 Å². The molecule has 0 aliphatic heterocycles. The number of carbonyl (C=O) groups is 1. The Morgan fingerprint density at radius 2 is 1.65 bits per heavy atom. The number of hydrogen-bond donors (Lipinski definition) is 1. The number of methoxy groups -OCH3 is 1. The molecule has 0 aliphatic rings. The van der Waals surface area contributed by atoms with Crippen LogP contribution in [0.4, 0.5) is 4.39 Å². The van der Waals surface area contributed by atoms with Gasteiger partial charge in [0.15, 0.2) is 23.0 Å². The Morgan fingerprint density at radius 3 is 2.40 bits per heavy atom. The van der Waals surface area contributed by atoms with Crippen molar-refractivity contribution in [2.24, 2.45) is 5.10 Å². The molecule has 1 N–H and O–H groups in total. The van der Waals surface area contributed by atoms with E-state index < -0.39 is 5.91 Å². The van der Waals surface area contributed by atoms with Crippen LogP contribution in [0.5, 0.6) is 23.0 Å². The molecule has 0 bridgehead atoms. The first-order valence-electron chi connectivity index (χ1n) is 12.5. The van der Waals surface area contributed by atoms with Crippen molar-refractivity contribution in [3.05, 3.63) is 117 Å². The van der Waals surface area contributed by atoms with Crippen LogP contribution in [0.3, 0.4) is 0 Å². The van der Waals surface area contributed by atoms with Gasteiger partial charge < -0.3 is 18.9 Å². The molecule has 9 heteroatoms. The van der Waals surface area contributed by atoms with Crippen LogP contribution in [-0.2, 0) is 13.2 Å². The fourth-order valence-corrected chi connectivity index (χ4v) is 4.52. The number of nitrogens with one attached hydrogen (secondary N) is 1. The molecule has 0 saturated carbocycles. The topological polar surface area (TPSA) is 78.4 Å². The number of hydrazone groups is 1. The van der Waals surface area contributed by atoms with Gasteiger partial charge in [0.05, 0.1) is 23.5 Å². The third-order valence-electron chi connectivity index (χ3n) is 5.65. The third-order valence-corrected chi connectivity index (χ3v) is 6.45. The quantitative estimate of drug-likeness (QED) is 0.104. The second kappa shape index (κ2) is 14.3. The van der Waals surface area contributed by atoms with Crippen LogP contribution in [0.15, 0.2) is 90.0 Å². The highest BCUT2D eigenvalue weighted by Gasteiger charge is 2.14. The molecule has 0 aromatic heterocycles. The molecule has 0 aliphatic carbocycles. The maximum absolute atomic E-state index is 13.5. The average molecular weight is 654 g/mol. The zero-order chi connectivity index (χ0) is 28.3. The second-order valence-corrected chi connectivity index (χ2v) is 9.68. The predicted molar refractivity (Wildman–Crippen MR) is 160 cm³/mol. The minimum atomic E-state index is -0.400. The molecule has 1 amide bonds. The summed E-state index contributed by atoms with van der Waals surface area (Å²) in [4.78, 5) is 12.8. The monoisotopic (exact) mass is 654 g/mol. The van der Waals surface area contributed by atoms with E-state index in [1.54, 1.807) is 36.4 Å². The van der Waals surface area contributed by atoms with Gasteiger partial charge >= 0.3 is 0 Å². The number of hydrogen-bond acceptors (Lipinski definition) is 6. The number of carbonyl (C=O) groups excluding carboxylic acids is 1. The van der Waals surface area contributed by atoms with Crippen LogP contribution in [-0.4, -0.2) is 25.8 Å². The molecular formula is C31H28FIN2O5. The summed E-state index contributed by atoms with van der Waals surface area (Å²) in [5, 5.41) is 4.10. The van der Waals surface area contributed by atoms with Gasteiger partial charge in [-0.3, -0.25) is 4.79 Å². The second-order valence-electron chi connectivity index (χ2n) is 8.52. The van der Waals surface area contributed by atoms with Crippen molar-refractivity contribution >= 4 is 34.7 Å². The zero-order valence-electron chi connectivity index (χ0n) is 22.0. The molecule has 0 spiro atoms. The Labute approximate surface area is 246 Å². The van der Waals surface area contributed by atoms with E-state index in [-0.39, 0.29) is 12.4 Å². The number of nitrogens with zero attached hydrogens (tertiary/aromatic N) is 1. The summed E-state index contributed by atoms with van der Waals surface area (Å²) in [5.74, 6) is 1.33. The predicted octanol–water partition coefficient (Wildman–Crippen LogP) is 6.76. The van der Waals surface area contributed by atoms with Crippen molar-refractivity contribution in [3.63, 3.8) is 0 Å². The largest absolute Gasteiger partial charge is 0.493 e. The summed E-state index contributed by atoms with van der Waals surface area (Å²) < 4.78 is 37.3. The molecule has 206 valence electrons. The Bertz CT molecular complexity index is 1480. The van der Waals surface area contributed by atoms with Crippen LogP contribution in [0.1, 0.15) is 34.0 Å². The summed E-state index contributed by atoms with van der Waals surface area (Å²) in [5.41, 5.74) is 5.34. The Hall–Kier alpha value is -4.12. The normalized spacial score (nSPS) is 10.8. The van der Waals surface area contributed by atoms with Crippen LogP contribution in [0, 0.1) is 9.39 Å². The van der Waals surface area contributed by atoms with E-state index in [2.05, 4.69) is 33.1 Å². The van der Waals surface area contributed by atoms with Crippen molar-refractivity contribution in [2.75, 3.05) is 13.7 Å². The highest BCUT2D eigenvalue weighted by atomic mass is 127. The van der Waals surface area contributed by atoms with Gasteiger partial charge in [0.2, 0.25) is 0 Å². The fraction of sp³-hybridized carbons (Fsp3) is 0.161. The standard InChI is InChI=1S/C31H28FIN2O5/c1-3-38-28-17-24(12-13-27(28)39-19-21-8-5-4-6-9-21)31(36)35-34-18-23-15-26(33)30(29(16-23)37-2)40-20-22-10-7-11-25(32)14-22/h4-18H,3,19-20H2,1-2H3,(H,35,36)/b34-18+. The van der Waals surface area contributed by atoms with Gasteiger partial charge in [-0.2, -0.15) is 5.10 Å². The number of halogens is 2. The van der Waals surface area contributed by atoms with Crippen LogP contribution < -0.4 is 24.4 Å². The first-order valence-corrected chi connectivity index (χ1v) is 13.6. The van der Waals surface area contributed by atoms with E-state index in [0.717, 1.165) is 9.13 Å². The molecule has 0 atom stereocenters. The summed E-state index contributed by atoms with van der Waals surface area (Å²) in [7, 11) is 1.53. The van der Waals surface area contributed by atoms with Crippen LogP contribution in [0.25, 0.3) is 0 Å². The molecule has 4 rings (SSSR count). The van der Waals surface area contributed by atoms with Crippen LogP contribution in [0.2, 0.25) is 0 Å². The van der Waals surface area contributed by atoms with E-state index in [4.69, 9.17) is 18.9 Å². The van der Waals surface area contributed by atoms with Gasteiger partial charge in [-0.25, -0.2) is 9.82 Å². The summed E-state index contributed by atoms with van der Waals surface area (Å²) in [6.45, 7) is 2.86. The Balaban J connectivity index is 1.40. The summed E-state index contributed by atoms with van der Waals surface area (Å²) >= 11 is 2.13. The van der Waals surface area contributed by atoms with Gasteiger partial charge in [-0.15, -0.1) is 0 Å². The first-order chi connectivity index (χ1) is 19.5. The molecular weight excluding hydrogens is 626 g/mol. The van der Waals surface area contributed by atoms with Crippen molar-refractivity contribution in [1.82, 2.24) is 5.43 Å². The SMILES string of the molecule is CCOc1cc(C(=O)N/N=C/c2cc(I)c(OCc3cccc(F)c3)c(OC)c2)ccc1OCc1ccccc1. The third kappa shape index (κ3) is 7.95. The maximum atomic E-state index is 13.5. The lowest BCUT2D eigenvalue weighted by Gasteiger charge is -2.14. The van der Waals surface area contributed by atoms with Crippen LogP contribution >= 0.6 is 22.6 Å². The van der Waals surface area contributed by atoms with Crippen molar-refractivity contribution < 1.29 is 28.1 Å². The van der Waals surface area contributed by atoms with Gasteiger partial charge in [0, 0.05) is 5.56 Å². The molecule has 4 aromatic carbocycles. The maximum Gasteiger partial charge on any atom is 0.271 e. The molecule has 40 heavy (non-hydrogen) atoms. The lowest BCUT2D eigenvalue weighted by atomic mass is 10.2. The minimum Gasteiger partial charge on any atom is -0.493 e. The molecule has 7 nitrogen and oxygen atoms in total. The lowest BCUT2D eigenvalue weighted by Crippen LogP contribution is -2.17. The average Bonchev–Trinajstić information content (AvgIpc) is 2.96. The van der Waals surface area contributed by atoms with Gasteiger partial charge in [0.25, 0.3) is 5.91 Å². The highest BCUT2D eigenvalue weighted by molar-refractivity contribution is 14.1. The lowest BCUT2D eigenvalue weighted by molar-refractivity contribution is 0.0954. The number of rotatable bonds is 12. The van der Waals surface area contributed by atoms with E-state index in [1.165, 1.54) is 25.5 Å². The smallest absolute Gasteiger partial charge is 0.271 e. The Kier molecular flexibility index (Phi) is 10.3. The molecule has 0 radical (unpaired) electrons. The summed E-state index contributed by atoms with van der Waals surface area (Å²) in [6, 6.07) is 24.6. The highest BCUT2D eigenvalue weighted by Crippen LogP contribution is 2.34. The van der Waals surface area contributed by atoms with E-state index in [0.29, 0.717) is 52.9 Å². The van der Waals surface area contributed by atoms with E-state index in [9.17, 15) is 9.18 Å². The molecule has 0 fully saturated rings. The number of amides is 1.